The number of hydrogen-bond acceptors (Lipinski definition) is 2. The Morgan fingerprint density at radius 3 is 1.66 bits per heavy atom. The molecule has 0 bridgehead atoms. The van der Waals surface area contributed by atoms with Gasteiger partial charge in [-0.25, -0.2) is 0 Å². The van der Waals surface area contributed by atoms with Crippen molar-refractivity contribution in [2.24, 2.45) is 0 Å². The first-order chi connectivity index (χ1) is 28.5. The Kier molecular flexibility index (Phi) is 8.91. The van der Waals surface area contributed by atoms with Crippen molar-refractivity contribution in [2.45, 2.75) is 0 Å². The van der Waals surface area contributed by atoms with Crippen LogP contribution < -0.4 is 26.8 Å². The molecule has 0 spiro atoms. The topological polar surface area (TPSA) is 16.4 Å². The van der Waals surface area contributed by atoms with Gasteiger partial charge in [-0.15, -0.1) is 0 Å². The van der Waals surface area contributed by atoms with Crippen LogP contribution in [-0.2, 0) is 0 Å². The molecule has 0 saturated carbocycles. The summed E-state index contributed by atoms with van der Waals surface area (Å²) in [4.78, 5) is 2.49. The van der Waals surface area contributed by atoms with Crippen LogP contribution in [0.3, 0.4) is 0 Å². The number of para-hydroxylation sites is 1. The summed E-state index contributed by atoms with van der Waals surface area (Å²) in [6.07, 6.45) is 0. The zero-order valence-corrected chi connectivity index (χ0v) is 33.3. The van der Waals surface area contributed by atoms with Crippen LogP contribution in [0.5, 0.6) is 0 Å². The molecule has 1 heterocycles. The van der Waals surface area contributed by atoms with E-state index in [0.29, 0.717) is 0 Å². The van der Waals surface area contributed by atoms with Crippen LogP contribution in [0.2, 0.25) is 0 Å². The minimum absolute atomic E-state index is 0.901. The molecule has 0 aliphatic rings. The van der Waals surface area contributed by atoms with E-state index in [1.807, 2.05) is 0 Å². The summed E-state index contributed by atoms with van der Waals surface area (Å²) in [6.45, 7) is 0. The van der Waals surface area contributed by atoms with Crippen molar-refractivity contribution in [2.75, 3.05) is 4.90 Å². The predicted molar refractivity (Wildman–Crippen MR) is 260 cm³/mol. The van der Waals surface area contributed by atoms with E-state index in [4.69, 9.17) is 4.42 Å². The van der Waals surface area contributed by atoms with Crippen molar-refractivity contribution in [3.8, 4) is 44.5 Å². The molecule has 0 N–H and O–H groups in total. The lowest BCUT2D eigenvalue weighted by molar-refractivity contribution is 0.673. The fourth-order valence-electron chi connectivity index (χ4n) is 9.02. The van der Waals surface area contributed by atoms with E-state index in [2.05, 4.69) is 224 Å². The van der Waals surface area contributed by atoms with Crippen LogP contribution in [0.4, 0.5) is 17.1 Å². The van der Waals surface area contributed by atoms with Gasteiger partial charge in [0, 0.05) is 33.1 Å². The minimum Gasteiger partial charge on any atom is -0.455 e. The maximum absolute atomic E-state index is 6.57. The second kappa shape index (κ2) is 14.6. The van der Waals surface area contributed by atoms with Gasteiger partial charge in [0.05, 0.1) is 5.69 Å². The lowest BCUT2D eigenvalue weighted by atomic mass is 9.64. The summed E-state index contributed by atoms with van der Waals surface area (Å²) in [5, 5.41) is 4.60. The van der Waals surface area contributed by atoms with E-state index in [1.54, 1.807) is 0 Å². The maximum Gasteiger partial charge on any atom is 0.143 e. The van der Waals surface area contributed by atoms with Gasteiger partial charge in [0.1, 0.15) is 42.6 Å². The molecule has 0 fully saturated rings. The molecule has 10 aromatic rings. The molecule has 0 aliphatic carbocycles. The van der Waals surface area contributed by atoms with Gasteiger partial charge in [0.15, 0.2) is 0 Å². The fourth-order valence-corrected chi connectivity index (χ4v) is 9.02. The number of hydrogen-bond donors (Lipinski definition) is 0. The van der Waals surface area contributed by atoms with Crippen molar-refractivity contribution in [1.82, 2.24) is 0 Å². The molecule has 270 valence electrons. The van der Waals surface area contributed by atoms with Crippen LogP contribution in [0.15, 0.2) is 192 Å². The Morgan fingerprint density at radius 2 is 0.931 bits per heavy atom. The predicted octanol–water partition coefficient (Wildman–Crippen LogP) is 7.91. The molecule has 2 nitrogen and oxygen atoms in total. The summed E-state index contributed by atoms with van der Waals surface area (Å²) in [5.41, 5.74) is 20.1. The lowest BCUT2D eigenvalue weighted by Crippen LogP contribution is -2.46. The van der Waals surface area contributed by atoms with Gasteiger partial charge in [-0.3, -0.25) is 0 Å². The van der Waals surface area contributed by atoms with Crippen LogP contribution >= 0.6 is 0 Å². The van der Waals surface area contributed by atoms with Crippen molar-refractivity contribution < 1.29 is 4.42 Å². The molecule has 9 aromatic carbocycles. The molecule has 0 atom stereocenters. The monoisotopic (exact) mass is 737 g/mol. The second-order valence-electron chi connectivity index (χ2n) is 15.4. The number of furan rings is 1. The number of fused-ring (bicyclic) bond motifs is 5. The average molecular weight is 737 g/mol. The smallest absolute Gasteiger partial charge is 0.143 e. The zero-order chi connectivity index (χ0) is 39.3. The van der Waals surface area contributed by atoms with Gasteiger partial charge >= 0.3 is 0 Å². The van der Waals surface area contributed by atoms with Gasteiger partial charge < -0.3 is 9.32 Å². The Hall–Kier alpha value is -6.90. The quantitative estimate of drug-likeness (QED) is 0.155. The second-order valence-corrected chi connectivity index (χ2v) is 15.4. The summed E-state index contributed by atoms with van der Waals surface area (Å²) < 4.78 is 6.57. The summed E-state index contributed by atoms with van der Waals surface area (Å²) in [7, 11) is 9.16. The minimum atomic E-state index is 0.901. The van der Waals surface area contributed by atoms with E-state index in [0.717, 1.165) is 49.8 Å². The van der Waals surface area contributed by atoms with E-state index in [1.165, 1.54) is 66.3 Å². The summed E-state index contributed by atoms with van der Waals surface area (Å²) in [6, 6.07) is 67.6. The fraction of sp³-hybridized carbons (Fsp3) is 0. The van der Waals surface area contributed by atoms with E-state index >= 15 is 0 Å². The molecule has 1 aromatic heterocycles. The third-order valence-electron chi connectivity index (χ3n) is 12.1. The third kappa shape index (κ3) is 5.96. The molecule has 0 unspecified atom stereocenters. The van der Waals surface area contributed by atoms with Gasteiger partial charge in [-0.1, -0.05) is 180 Å². The average Bonchev–Trinajstić information content (AvgIpc) is 3.68. The molecular formula is C52H39B4NO. The van der Waals surface area contributed by atoms with E-state index in [-0.39, 0.29) is 0 Å². The highest BCUT2D eigenvalue weighted by atomic mass is 16.3. The van der Waals surface area contributed by atoms with Crippen LogP contribution in [0, 0.1) is 0 Å². The highest BCUT2D eigenvalue weighted by molar-refractivity contribution is 6.63. The van der Waals surface area contributed by atoms with Crippen molar-refractivity contribution in [3.63, 3.8) is 0 Å². The van der Waals surface area contributed by atoms with Crippen LogP contribution in [0.25, 0.3) is 77.2 Å². The highest BCUT2D eigenvalue weighted by Crippen LogP contribution is 2.43. The Balaban J connectivity index is 1.13. The molecule has 58 heavy (non-hydrogen) atoms. The first-order valence-corrected chi connectivity index (χ1v) is 20.1. The summed E-state index contributed by atoms with van der Waals surface area (Å²) in [5.74, 6) is 0. The Labute approximate surface area is 343 Å². The highest BCUT2D eigenvalue weighted by Gasteiger charge is 2.24. The largest absolute Gasteiger partial charge is 0.455 e. The first-order valence-electron chi connectivity index (χ1n) is 20.1. The van der Waals surface area contributed by atoms with Crippen LogP contribution in [0.1, 0.15) is 0 Å². The third-order valence-corrected chi connectivity index (χ3v) is 12.1. The zero-order valence-electron chi connectivity index (χ0n) is 33.3. The number of nitrogens with zero attached hydrogens (tertiary/aromatic N) is 1. The van der Waals surface area contributed by atoms with Crippen molar-refractivity contribution in [3.05, 3.63) is 188 Å². The molecule has 0 aliphatic heterocycles. The lowest BCUT2D eigenvalue weighted by Gasteiger charge is -2.34. The molecule has 0 radical (unpaired) electrons. The van der Waals surface area contributed by atoms with Gasteiger partial charge in [0.25, 0.3) is 0 Å². The van der Waals surface area contributed by atoms with Crippen molar-refractivity contribution >= 4 is 103 Å². The number of benzene rings is 9. The molecule has 0 saturated heterocycles. The normalized spacial score (nSPS) is 11.4. The van der Waals surface area contributed by atoms with Gasteiger partial charge in [-0.2, -0.15) is 0 Å². The maximum atomic E-state index is 6.57. The Morgan fingerprint density at radius 1 is 0.379 bits per heavy atom. The Bertz CT molecular complexity index is 3110. The standard InChI is InChI=1S/C52H39B4NO/c53-47-45(37-24-22-33(23-25-37)32-12-3-1-4-13-32)48(54)50(56)51(49(47)55)57(43-20-10-9-17-39(43)34-14-5-2-6-15-34)38-29-26-36(27-30-38)40-19-11-21-44-46(40)42-31-28-35-16-7-8-18-41(35)52(42)58-44/h1-31H,53-56H2. The van der Waals surface area contributed by atoms with Gasteiger partial charge in [-0.05, 0) is 74.7 Å². The first kappa shape index (κ1) is 35.5. The molecular weight excluding hydrogens is 698 g/mol. The van der Waals surface area contributed by atoms with Crippen molar-refractivity contribution in [1.29, 1.82) is 0 Å². The van der Waals surface area contributed by atoms with E-state index < -0.39 is 0 Å². The van der Waals surface area contributed by atoms with E-state index in [9.17, 15) is 0 Å². The van der Waals surface area contributed by atoms with Crippen LogP contribution in [-0.4, -0.2) is 31.4 Å². The summed E-state index contributed by atoms with van der Waals surface area (Å²) >= 11 is 0. The molecule has 10 rings (SSSR count). The molecule has 0 amide bonds. The molecule has 6 heteroatoms. The van der Waals surface area contributed by atoms with Gasteiger partial charge in [0.2, 0.25) is 0 Å². The number of rotatable bonds is 7. The SMILES string of the molecule is Bc1c(B)c(N(c2ccc(-c3cccc4oc5c6ccccc6ccc5c34)cc2)c2ccccc2-c2ccccc2)c(B)c(B)c1-c1ccc(-c2ccccc2)cc1. The number of anilines is 3.